The van der Waals surface area contributed by atoms with Gasteiger partial charge < -0.3 is 5.32 Å². The van der Waals surface area contributed by atoms with E-state index < -0.39 is 0 Å². The van der Waals surface area contributed by atoms with Gasteiger partial charge in [0, 0.05) is 22.5 Å². The van der Waals surface area contributed by atoms with Crippen molar-refractivity contribution in [1.29, 1.82) is 0 Å². The largest absolute Gasteiger partial charge is 0.316 e. The number of hydrogen-bond acceptors (Lipinski definition) is 1. The van der Waals surface area contributed by atoms with Gasteiger partial charge in [0.2, 0.25) is 0 Å². The highest BCUT2D eigenvalue weighted by atomic mass is 35.5. The van der Waals surface area contributed by atoms with Crippen molar-refractivity contribution in [2.45, 2.75) is 51.4 Å². The molecule has 0 aromatic heterocycles. The van der Waals surface area contributed by atoms with Crippen molar-refractivity contribution in [3.63, 3.8) is 0 Å². The number of benzene rings is 1. The van der Waals surface area contributed by atoms with Gasteiger partial charge >= 0.3 is 0 Å². The summed E-state index contributed by atoms with van der Waals surface area (Å²) >= 11 is 6.35. The van der Waals surface area contributed by atoms with Crippen molar-refractivity contribution in [3.05, 3.63) is 34.6 Å². The fourth-order valence-electron chi connectivity index (χ4n) is 4.41. The molecule has 0 radical (unpaired) electrons. The molecular formula is C18H25ClFN. The van der Waals surface area contributed by atoms with Gasteiger partial charge in [-0.05, 0) is 55.7 Å². The lowest BCUT2D eigenvalue weighted by Gasteiger charge is -2.62. The zero-order valence-electron chi connectivity index (χ0n) is 13.0. The molecule has 21 heavy (non-hydrogen) atoms. The smallest absolute Gasteiger partial charge is 0.128 e. The van der Waals surface area contributed by atoms with Crippen molar-refractivity contribution in [2.24, 2.45) is 11.3 Å². The predicted octanol–water partition coefficient (Wildman–Crippen LogP) is 4.93. The topological polar surface area (TPSA) is 12.0 Å². The summed E-state index contributed by atoms with van der Waals surface area (Å²) in [5.41, 5.74) is 1.14. The molecule has 3 rings (SSSR count). The molecule has 1 aromatic carbocycles. The summed E-state index contributed by atoms with van der Waals surface area (Å²) in [6.07, 6.45) is 6.13. The van der Waals surface area contributed by atoms with E-state index in [1.54, 1.807) is 12.1 Å². The highest BCUT2D eigenvalue weighted by Crippen LogP contribution is 2.65. The van der Waals surface area contributed by atoms with Crippen LogP contribution < -0.4 is 5.32 Å². The van der Waals surface area contributed by atoms with Gasteiger partial charge in [-0.1, -0.05) is 37.9 Å². The van der Waals surface area contributed by atoms with Crippen molar-refractivity contribution in [3.8, 4) is 0 Å². The summed E-state index contributed by atoms with van der Waals surface area (Å²) < 4.78 is 14.4. The summed E-state index contributed by atoms with van der Waals surface area (Å²) in [5, 5.41) is 4.13. The molecule has 0 atom stereocenters. The van der Waals surface area contributed by atoms with E-state index in [9.17, 15) is 4.39 Å². The first-order valence-corrected chi connectivity index (χ1v) is 8.49. The predicted molar refractivity (Wildman–Crippen MR) is 86.3 cm³/mol. The van der Waals surface area contributed by atoms with E-state index in [-0.39, 0.29) is 11.2 Å². The van der Waals surface area contributed by atoms with Crippen molar-refractivity contribution in [1.82, 2.24) is 5.32 Å². The Hall–Kier alpha value is -0.600. The van der Waals surface area contributed by atoms with Crippen LogP contribution in [-0.4, -0.2) is 13.1 Å². The van der Waals surface area contributed by atoms with E-state index in [0.29, 0.717) is 16.4 Å². The molecule has 0 heterocycles. The second kappa shape index (κ2) is 5.55. The molecule has 2 aliphatic carbocycles. The van der Waals surface area contributed by atoms with Gasteiger partial charge in [0.05, 0.1) is 0 Å². The zero-order valence-corrected chi connectivity index (χ0v) is 13.8. The van der Waals surface area contributed by atoms with Gasteiger partial charge in [-0.3, -0.25) is 0 Å². The van der Waals surface area contributed by atoms with Crippen LogP contribution in [0.25, 0.3) is 0 Å². The van der Waals surface area contributed by atoms with Gasteiger partial charge in [0.15, 0.2) is 0 Å². The van der Waals surface area contributed by atoms with Crippen LogP contribution in [0.5, 0.6) is 0 Å². The summed E-state index contributed by atoms with van der Waals surface area (Å²) in [7, 11) is 0. The Morgan fingerprint density at radius 1 is 1.29 bits per heavy atom. The standard InChI is InChI=1S/C18H25ClFN/c1-13(2)9-21-12-18(10-17(11-18)7-4-8-17)16-14(19)5-3-6-15(16)20/h3,5-6,13,21H,4,7-12H2,1-2H3. The lowest BCUT2D eigenvalue weighted by molar-refractivity contribution is -0.0497. The minimum Gasteiger partial charge on any atom is -0.316 e. The Morgan fingerprint density at radius 2 is 2.00 bits per heavy atom. The molecule has 116 valence electrons. The van der Waals surface area contributed by atoms with Crippen LogP contribution in [0.1, 0.15) is 51.5 Å². The van der Waals surface area contributed by atoms with Gasteiger partial charge in [-0.15, -0.1) is 0 Å². The molecule has 3 heteroatoms. The quantitative estimate of drug-likeness (QED) is 0.813. The number of halogens is 2. The Labute approximate surface area is 132 Å². The van der Waals surface area contributed by atoms with Crippen molar-refractivity contribution >= 4 is 11.6 Å². The molecule has 0 bridgehead atoms. The highest BCUT2D eigenvalue weighted by Gasteiger charge is 2.58. The van der Waals surface area contributed by atoms with Gasteiger partial charge in [-0.25, -0.2) is 4.39 Å². The van der Waals surface area contributed by atoms with Crippen molar-refractivity contribution in [2.75, 3.05) is 13.1 Å². The monoisotopic (exact) mass is 309 g/mol. The summed E-state index contributed by atoms with van der Waals surface area (Å²) in [4.78, 5) is 0. The maximum Gasteiger partial charge on any atom is 0.128 e. The number of nitrogens with one attached hydrogen (secondary N) is 1. The molecule has 0 unspecified atom stereocenters. The lowest BCUT2D eigenvalue weighted by Crippen LogP contribution is -2.58. The van der Waals surface area contributed by atoms with E-state index in [4.69, 9.17) is 11.6 Å². The average molecular weight is 310 g/mol. The Kier molecular flexibility index (Phi) is 4.04. The van der Waals surface area contributed by atoms with Gasteiger partial charge in [0.25, 0.3) is 0 Å². The van der Waals surface area contributed by atoms with Crippen LogP contribution in [0, 0.1) is 17.2 Å². The third-order valence-corrected chi connectivity index (χ3v) is 5.67. The van der Waals surface area contributed by atoms with Crippen LogP contribution in [0.3, 0.4) is 0 Å². The Balaban J connectivity index is 1.83. The van der Waals surface area contributed by atoms with Crippen LogP contribution >= 0.6 is 11.6 Å². The number of rotatable bonds is 5. The van der Waals surface area contributed by atoms with Gasteiger partial charge in [0.1, 0.15) is 5.82 Å². The van der Waals surface area contributed by atoms with E-state index in [1.807, 2.05) is 6.07 Å². The molecule has 0 aliphatic heterocycles. The lowest BCUT2D eigenvalue weighted by atomic mass is 9.43. The van der Waals surface area contributed by atoms with E-state index in [0.717, 1.165) is 31.5 Å². The minimum atomic E-state index is -0.136. The first-order valence-electron chi connectivity index (χ1n) is 8.12. The first kappa shape index (κ1) is 15.3. The SMILES string of the molecule is CC(C)CNCC1(c2c(F)cccc2Cl)CC2(CCC2)C1. The summed E-state index contributed by atoms with van der Waals surface area (Å²) in [6.45, 7) is 6.21. The van der Waals surface area contributed by atoms with Crippen LogP contribution in [0.4, 0.5) is 4.39 Å². The van der Waals surface area contributed by atoms with E-state index >= 15 is 0 Å². The molecular weight excluding hydrogens is 285 g/mol. The first-order chi connectivity index (χ1) is 9.96. The van der Waals surface area contributed by atoms with Gasteiger partial charge in [-0.2, -0.15) is 0 Å². The molecule has 2 fully saturated rings. The molecule has 1 nitrogen and oxygen atoms in total. The fourth-order valence-corrected chi connectivity index (χ4v) is 4.77. The maximum absolute atomic E-state index is 14.4. The van der Waals surface area contributed by atoms with Crippen LogP contribution in [0.2, 0.25) is 5.02 Å². The van der Waals surface area contributed by atoms with Crippen LogP contribution in [-0.2, 0) is 5.41 Å². The molecule has 1 spiro atoms. The highest BCUT2D eigenvalue weighted by molar-refractivity contribution is 6.31. The van der Waals surface area contributed by atoms with E-state index in [1.165, 1.54) is 19.3 Å². The van der Waals surface area contributed by atoms with Crippen molar-refractivity contribution < 1.29 is 4.39 Å². The molecule has 1 aromatic rings. The van der Waals surface area contributed by atoms with Crippen LogP contribution in [0.15, 0.2) is 18.2 Å². The third-order valence-electron chi connectivity index (χ3n) is 5.35. The molecule has 0 amide bonds. The second-order valence-electron chi connectivity index (χ2n) is 7.61. The molecule has 2 saturated carbocycles. The Morgan fingerprint density at radius 3 is 2.52 bits per heavy atom. The Bertz CT molecular complexity index is 494. The number of hydrogen-bond donors (Lipinski definition) is 1. The third kappa shape index (κ3) is 2.73. The fraction of sp³-hybridized carbons (Fsp3) is 0.667. The summed E-state index contributed by atoms with van der Waals surface area (Å²) in [6, 6.07) is 5.08. The zero-order chi connectivity index (χ0) is 15.1. The summed E-state index contributed by atoms with van der Waals surface area (Å²) in [5.74, 6) is 0.471. The minimum absolute atomic E-state index is 0.0995. The maximum atomic E-state index is 14.4. The molecule has 2 aliphatic rings. The normalized spacial score (nSPS) is 22.1. The van der Waals surface area contributed by atoms with E-state index in [2.05, 4.69) is 19.2 Å². The second-order valence-corrected chi connectivity index (χ2v) is 8.02. The average Bonchev–Trinajstić information content (AvgIpc) is 2.31. The molecule has 0 saturated heterocycles. The molecule has 1 N–H and O–H groups in total.